The third-order valence-corrected chi connectivity index (χ3v) is 3.09. The number of amides is 1. The fraction of sp³-hybridized carbons (Fsp3) is 0.188. The highest BCUT2D eigenvalue weighted by Gasteiger charge is 2.35. The zero-order chi connectivity index (χ0) is 17.9. The van der Waals surface area contributed by atoms with E-state index >= 15 is 0 Å². The van der Waals surface area contributed by atoms with E-state index in [1.54, 1.807) is 25.1 Å². The Bertz CT molecular complexity index is 787. The molecule has 0 saturated heterocycles. The number of alkyl halides is 3. The minimum Gasteiger partial charge on any atom is -0.338 e. The van der Waals surface area contributed by atoms with Gasteiger partial charge in [0.15, 0.2) is 0 Å². The lowest BCUT2D eigenvalue weighted by atomic mass is 10.1. The van der Waals surface area contributed by atoms with E-state index in [9.17, 15) is 18.0 Å². The van der Waals surface area contributed by atoms with Crippen LogP contribution in [0.15, 0.2) is 37.1 Å². The van der Waals surface area contributed by atoms with Gasteiger partial charge in [-0.3, -0.25) is 4.79 Å². The van der Waals surface area contributed by atoms with Gasteiger partial charge in [-0.2, -0.15) is 13.2 Å². The average Bonchev–Trinajstić information content (AvgIpc) is 2.48. The van der Waals surface area contributed by atoms with Gasteiger partial charge in [0.25, 0.3) is 0 Å². The van der Waals surface area contributed by atoms with E-state index in [4.69, 9.17) is 0 Å². The van der Waals surface area contributed by atoms with Gasteiger partial charge in [-0.05, 0) is 37.6 Å². The predicted molar refractivity (Wildman–Crippen MR) is 85.1 cm³/mol. The Morgan fingerprint density at radius 1 is 1.25 bits per heavy atom. The van der Waals surface area contributed by atoms with Crippen LogP contribution in [0, 0.1) is 13.8 Å². The summed E-state index contributed by atoms with van der Waals surface area (Å²) in [6.45, 7) is 6.63. The van der Waals surface area contributed by atoms with E-state index in [-0.39, 0.29) is 17.3 Å². The molecule has 0 fully saturated rings. The number of carbonyl (C=O) groups is 1. The molecule has 0 aliphatic carbocycles. The summed E-state index contributed by atoms with van der Waals surface area (Å²) in [7, 11) is 0. The second kappa shape index (κ2) is 6.69. The van der Waals surface area contributed by atoms with Crippen molar-refractivity contribution in [2.24, 2.45) is 0 Å². The molecule has 0 aliphatic rings. The first-order valence-corrected chi connectivity index (χ1v) is 6.92. The number of halogens is 3. The number of hydrogen-bond donors (Lipinski definition) is 2. The van der Waals surface area contributed by atoms with Crippen LogP contribution < -0.4 is 10.6 Å². The molecule has 2 rings (SSSR count). The summed E-state index contributed by atoms with van der Waals surface area (Å²) in [5.41, 5.74) is 0.438. The Hall–Kier alpha value is -2.90. The van der Waals surface area contributed by atoms with Crippen molar-refractivity contribution in [3.63, 3.8) is 0 Å². The normalized spacial score (nSPS) is 11.0. The molecule has 0 spiro atoms. The van der Waals surface area contributed by atoms with Crippen molar-refractivity contribution in [2.75, 3.05) is 10.6 Å². The summed E-state index contributed by atoms with van der Waals surface area (Å²) in [6, 6.07) is 4.89. The Morgan fingerprint density at radius 3 is 2.58 bits per heavy atom. The zero-order valence-corrected chi connectivity index (χ0v) is 13.0. The number of rotatable bonds is 4. The van der Waals surface area contributed by atoms with Gasteiger partial charge < -0.3 is 10.6 Å². The number of carbonyl (C=O) groups excluding carboxylic acids is 1. The maximum Gasteiger partial charge on any atom is 0.421 e. The van der Waals surface area contributed by atoms with E-state index in [1.807, 2.05) is 0 Å². The summed E-state index contributed by atoms with van der Waals surface area (Å²) in [6.07, 6.45) is -2.81. The van der Waals surface area contributed by atoms with Gasteiger partial charge in [0.2, 0.25) is 5.91 Å². The van der Waals surface area contributed by atoms with Crippen LogP contribution >= 0.6 is 0 Å². The molecule has 0 radical (unpaired) electrons. The van der Waals surface area contributed by atoms with Crippen LogP contribution in [0.25, 0.3) is 0 Å². The van der Waals surface area contributed by atoms with Crippen LogP contribution in [0.2, 0.25) is 0 Å². The lowest BCUT2D eigenvalue weighted by molar-refractivity contribution is -0.137. The number of nitrogens with one attached hydrogen (secondary N) is 2. The van der Waals surface area contributed by atoms with Crippen molar-refractivity contribution in [3.05, 3.63) is 54.0 Å². The third-order valence-electron chi connectivity index (χ3n) is 3.09. The SMILES string of the molecule is C=CC(=O)Nc1cc(C)ccc1Nc1nc(C)ncc1C(F)(F)F. The average molecular weight is 336 g/mol. The number of hydrogen-bond acceptors (Lipinski definition) is 4. The highest BCUT2D eigenvalue weighted by Crippen LogP contribution is 2.36. The van der Waals surface area contributed by atoms with E-state index in [0.717, 1.165) is 17.8 Å². The summed E-state index contributed by atoms with van der Waals surface area (Å²) in [5.74, 6) is -0.666. The molecule has 2 aromatic rings. The van der Waals surface area contributed by atoms with Crippen LogP contribution in [0.5, 0.6) is 0 Å². The third kappa shape index (κ3) is 4.09. The van der Waals surface area contributed by atoms with Crippen molar-refractivity contribution in [1.82, 2.24) is 9.97 Å². The largest absolute Gasteiger partial charge is 0.421 e. The molecule has 1 amide bonds. The highest BCUT2D eigenvalue weighted by molar-refractivity contribution is 6.01. The maximum atomic E-state index is 13.1. The lowest BCUT2D eigenvalue weighted by Gasteiger charge is -2.16. The molecular formula is C16H15F3N4O. The number of aromatic nitrogens is 2. The summed E-state index contributed by atoms with van der Waals surface area (Å²) in [4.78, 5) is 18.9. The Balaban J connectivity index is 2.47. The first kappa shape index (κ1) is 17.5. The van der Waals surface area contributed by atoms with Gasteiger partial charge in [-0.25, -0.2) is 9.97 Å². The number of anilines is 3. The standard InChI is InChI=1S/C16H15F3N4O/c1-4-14(24)22-13-7-9(2)5-6-12(13)23-15-11(16(17,18)19)8-20-10(3)21-15/h4-8H,1H2,2-3H3,(H,22,24)(H,20,21,23). The quantitative estimate of drug-likeness (QED) is 0.829. The van der Waals surface area contributed by atoms with E-state index in [1.165, 1.54) is 6.92 Å². The number of benzene rings is 1. The molecular weight excluding hydrogens is 321 g/mol. The van der Waals surface area contributed by atoms with E-state index in [2.05, 4.69) is 27.2 Å². The van der Waals surface area contributed by atoms with Crippen LogP contribution in [0.1, 0.15) is 17.0 Å². The van der Waals surface area contributed by atoms with Crippen molar-refractivity contribution < 1.29 is 18.0 Å². The maximum absolute atomic E-state index is 13.1. The van der Waals surface area contributed by atoms with Crippen LogP contribution in [0.3, 0.4) is 0 Å². The fourth-order valence-corrected chi connectivity index (χ4v) is 1.95. The molecule has 8 heteroatoms. The Kier molecular flexibility index (Phi) is 4.87. The number of nitrogens with zero attached hydrogens (tertiary/aromatic N) is 2. The molecule has 1 aromatic heterocycles. The van der Waals surface area contributed by atoms with E-state index in [0.29, 0.717) is 5.69 Å². The minimum absolute atomic E-state index is 0.189. The van der Waals surface area contributed by atoms with Gasteiger partial charge in [0.1, 0.15) is 17.2 Å². The van der Waals surface area contributed by atoms with Crippen molar-refractivity contribution in [2.45, 2.75) is 20.0 Å². The molecule has 1 heterocycles. The first-order valence-electron chi connectivity index (χ1n) is 6.92. The van der Waals surface area contributed by atoms with Gasteiger partial charge >= 0.3 is 6.18 Å². The Labute approximate surface area is 136 Å². The van der Waals surface area contributed by atoms with Gasteiger partial charge in [-0.15, -0.1) is 0 Å². The van der Waals surface area contributed by atoms with Crippen molar-refractivity contribution >= 4 is 23.1 Å². The second-order valence-electron chi connectivity index (χ2n) is 5.04. The fourth-order valence-electron chi connectivity index (χ4n) is 1.95. The molecule has 2 N–H and O–H groups in total. The summed E-state index contributed by atoms with van der Waals surface area (Å²) in [5, 5.41) is 5.18. The molecule has 0 unspecified atom stereocenters. The smallest absolute Gasteiger partial charge is 0.338 e. The van der Waals surface area contributed by atoms with Crippen molar-refractivity contribution in [3.8, 4) is 0 Å². The lowest BCUT2D eigenvalue weighted by Crippen LogP contribution is -2.14. The number of aryl methyl sites for hydroxylation is 2. The molecule has 5 nitrogen and oxygen atoms in total. The predicted octanol–water partition coefficient (Wildman–Crippen LogP) is 3.98. The first-order chi connectivity index (χ1) is 11.2. The molecule has 0 atom stereocenters. The Morgan fingerprint density at radius 2 is 1.96 bits per heavy atom. The zero-order valence-electron chi connectivity index (χ0n) is 13.0. The topological polar surface area (TPSA) is 66.9 Å². The molecule has 0 aliphatic heterocycles. The monoisotopic (exact) mass is 336 g/mol. The summed E-state index contributed by atoms with van der Waals surface area (Å²) < 4.78 is 39.3. The summed E-state index contributed by atoms with van der Waals surface area (Å²) >= 11 is 0. The molecule has 126 valence electrons. The van der Waals surface area contributed by atoms with Gasteiger partial charge in [0, 0.05) is 6.20 Å². The molecule has 0 bridgehead atoms. The molecule has 1 aromatic carbocycles. The van der Waals surface area contributed by atoms with Crippen LogP contribution in [0.4, 0.5) is 30.4 Å². The van der Waals surface area contributed by atoms with E-state index < -0.39 is 17.6 Å². The van der Waals surface area contributed by atoms with Crippen LogP contribution in [-0.2, 0) is 11.0 Å². The highest BCUT2D eigenvalue weighted by atomic mass is 19.4. The molecule has 24 heavy (non-hydrogen) atoms. The molecule has 0 saturated carbocycles. The van der Waals surface area contributed by atoms with Crippen LogP contribution in [-0.4, -0.2) is 15.9 Å². The van der Waals surface area contributed by atoms with Gasteiger partial charge in [-0.1, -0.05) is 12.6 Å². The van der Waals surface area contributed by atoms with Crippen molar-refractivity contribution in [1.29, 1.82) is 0 Å². The van der Waals surface area contributed by atoms with Gasteiger partial charge in [0.05, 0.1) is 11.4 Å². The minimum atomic E-state index is -4.61. The second-order valence-corrected chi connectivity index (χ2v) is 5.04.